The summed E-state index contributed by atoms with van der Waals surface area (Å²) in [4.78, 5) is 0. The number of phenols is 1. The van der Waals surface area contributed by atoms with E-state index in [-0.39, 0.29) is 0 Å². The first-order chi connectivity index (χ1) is 8.56. The van der Waals surface area contributed by atoms with Crippen LogP contribution in [0.1, 0.15) is 16.7 Å². The Morgan fingerprint density at radius 1 is 0.778 bits per heavy atom. The summed E-state index contributed by atoms with van der Waals surface area (Å²) in [6.07, 6.45) is 0. The van der Waals surface area contributed by atoms with Crippen LogP contribution in [-0.2, 0) is 0 Å². The summed E-state index contributed by atoms with van der Waals surface area (Å²) < 4.78 is 0. The lowest BCUT2D eigenvalue weighted by atomic mass is 9.95. The molecular weight excluding hydrogens is 220 g/mol. The van der Waals surface area contributed by atoms with Gasteiger partial charge in [0, 0.05) is 0 Å². The molecule has 3 aromatic rings. The quantitative estimate of drug-likeness (QED) is 0.564. The van der Waals surface area contributed by atoms with Gasteiger partial charge >= 0.3 is 0 Å². The average molecular weight is 236 g/mol. The summed E-state index contributed by atoms with van der Waals surface area (Å²) in [7, 11) is 0. The van der Waals surface area contributed by atoms with E-state index in [9.17, 15) is 5.11 Å². The third-order valence-electron chi connectivity index (χ3n) is 3.59. The zero-order valence-corrected chi connectivity index (χ0v) is 10.9. The summed E-state index contributed by atoms with van der Waals surface area (Å²) >= 11 is 0. The smallest absolute Gasteiger partial charge is 0.119 e. The van der Waals surface area contributed by atoms with Crippen LogP contribution in [0.15, 0.2) is 36.4 Å². The number of hydrogen-bond acceptors (Lipinski definition) is 1. The maximum absolute atomic E-state index is 9.92. The van der Waals surface area contributed by atoms with Crippen LogP contribution in [0.4, 0.5) is 0 Å². The van der Waals surface area contributed by atoms with Crippen molar-refractivity contribution >= 4 is 21.5 Å². The van der Waals surface area contributed by atoms with Crippen molar-refractivity contribution in [2.24, 2.45) is 0 Å². The first kappa shape index (κ1) is 11.1. The van der Waals surface area contributed by atoms with Gasteiger partial charge in [0.25, 0.3) is 0 Å². The maximum atomic E-state index is 9.92. The van der Waals surface area contributed by atoms with Crippen LogP contribution < -0.4 is 0 Å². The van der Waals surface area contributed by atoms with E-state index in [1.807, 2.05) is 19.1 Å². The van der Waals surface area contributed by atoms with Crippen LogP contribution in [0.2, 0.25) is 0 Å². The van der Waals surface area contributed by atoms with Gasteiger partial charge in [-0.15, -0.1) is 0 Å². The van der Waals surface area contributed by atoms with Crippen molar-refractivity contribution in [2.75, 3.05) is 0 Å². The van der Waals surface area contributed by atoms with Crippen LogP contribution in [0.25, 0.3) is 21.5 Å². The molecule has 0 amide bonds. The molecule has 0 aliphatic rings. The molecule has 0 radical (unpaired) electrons. The second-order valence-electron chi connectivity index (χ2n) is 5.11. The molecule has 0 fully saturated rings. The van der Waals surface area contributed by atoms with Gasteiger partial charge in [0.2, 0.25) is 0 Å². The van der Waals surface area contributed by atoms with Crippen LogP contribution in [-0.4, -0.2) is 5.11 Å². The molecule has 0 saturated heterocycles. The molecule has 0 aliphatic heterocycles. The molecule has 1 nitrogen and oxygen atoms in total. The summed E-state index contributed by atoms with van der Waals surface area (Å²) in [5.41, 5.74) is 3.46. The second kappa shape index (κ2) is 3.74. The lowest BCUT2D eigenvalue weighted by Crippen LogP contribution is -1.85. The number of fused-ring (bicyclic) bond motifs is 3. The maximum Gasteiger partial charge on any atom is 0.119 e. The fourth-order valence-electron chi connectivity index (χ4n) is 2.75. The minimum atomic E-state index is 0.370. The first-order valence-corrected chi connectivity index (χ1v) is 6.19. The highest BCUT2D eigenvalue weighted by Gasteiger charge is 2.06. The average Bonchev–Trinajstić information content (AvgIpc) is 2.30. The van der Waals surface area contributed by atoms with E-state index < -0.39 is 0 Å². The highest BCUT2D eigenvalue weighted by atomic mass is 16.3. The predicted octanol–water partition coefficient (Wildman–Crippen LogP) is 4.62. The Morgan fingerprint density at radius 3 is 2.28 bits per heavy atom. The number of phenolic OH excluding ortho intramolecular Hbond substituents is 1. The Labute approximate surface area is 107 Å². The lowest BCUT2D eigenvalue weighted by Gasteiger charge is -2.10. The van der Waals surface area contributed by atoms with Gasteiger partial charge < -0.3 is 5.11 Å². The van der Waals surface area contributed by atoms with Gasteiger partial charge in [0.1, 0.15) is 5.75 Å². The zero-order valence-electron chi connectivity index (χ0n) is 10.9. The van der Waals surface area contributed by atoms with Gasteiger partial charge in [-0.3, -0.25) is 0 Å². The molecule has 90 valence electrons. The van der Waals surface area contributed by atoms with Crippen LogP contribution >= 0.6 is 0 Å². The topological polar surface area (TPSA) is 20.2 Å². The van der Waals surface area contributed by atoms with Crippen molar-refractivity contribution in [3.05, 3.63) is 53.1 Å². The minimum Gasteiger partial charge on any atom is -0.508 e. The fraction of sp³-hybridized carbons (Fsp3) is 0.176. The molecule has 18 heavy (non-hydrogen) atoms. The van der Waals surface area contributed by atoms with E-state index in [4.69, 9.17) is 0 Å². The Hall–Kier alpha value is -2.02. The van der Waals surface area contributed by atoms with E-state index in [1.165, 1.54) is 27.3 Å². The lowest BCUT2D eigenvalue weighted by molar-refractivity contribution is 0.472. The Kier molecular flexibility index (Phi) is 2.30. The summed E-state index contributed by atoms with van der Waals surface area (Å²) in [5.74, 6) is 0.370. The van der Waals surface area contributed by atoms with E-state index in [0.29, 0.717) is 5.75 Å². The summed E-state index contributed by atoms with van der Waals surface area (Å²) in [5, 5.41) is 14.7. The number of aromatic hydroxyl groups is 1. The molecule has 0 aliphatic carbocycles. The minimum absolute atomic E-state index is 0.370. The molecule has 3 aromatic carbocycles. The Balaban J connectivity index is 2.56. The van der Waals surface area contributed by atoms with Crippen LogP contribution in [0.5, 0.6) is 5.75 Å². The number of hydrogen-bond donors (Lipinski definition) is 1. The van der Waals surface area contributed by atoms with Gasteiger partial charge in [-0.2, -0.15) is 0 Å². The van der Waals surface area contributed by atoms with E-state index in [0.717, 1.165) is 10.9 Å². The molecule has 0 heterocycles. The van der Waals surface area contributed by atoms with Crippen molar-refractivity contribution in [3.63, 3.8) is 0 Å². The molecule has 0 aromatic heterocycles. The number of aryl methyl sites for hydroxylation is 3. The highest BCUT2D eigenvalue weighted by molar-refractivity contribution is 6.09. The second-order valence-corrected chi connectivity index (χ2v) is 5.11. The largest absolute Gasteiger partial charge is 0.508 e. The fourth-order valence-corrected chi connectivity index (χ4v) is 2.75. The van der Waals surface area contributed by atoms with Gasteiger partial charge in [0.05, 0.1) is 0 Å². The monoisotopic (exact) mass is 236 g/mol. The molecule has 3 rings (SSSR count). The first-order valence-electron chi connectivity index (χ1n) is 6.19. The molecule has 0 atom stereocenters. The van der Waals surface area contributed by atoms with E-state index in [1.54, 1.807) is 0 Å². The molecule has 0 unspecified atom stereocenters. The Morgan fingerprint density at radius 2 is 1.50 bits per heavy atom. The third kappa shape index (κ3) is 1.55. The van der Waals surface area contributed by atoms with Gasteiger partial charge in [-0.25, -0.2) is 0 Å². The standard InChI is InChI=1S/C17H16O/c1-10-6-12(3)17-14(7-10)5-4-13-8-11(2)16(18)9-15(13)17/h4-9,18H,1-3H3. The normalized spacial score (nSPS) is 11.3. The van der Waals surface area contributed by atoms with Gasteiger partial charge in [-0.1, -0.05) is 29.8 Å². The highest BCUT2D eigenvalue weighted by Crippen LogP contribution is 2.32. The van der Waals surface area contributed by atoms with Gasteiger partial charge in [-0.05, 0) is 65.6 Å². The summed E-state index contributed by atoms with van der Waals surface area (Å²) in [6, 6.07) is 12.6. The SMILES string of the molecule is Cc1cc(C)c2c(ccc3cc(C)c(O)cc32)c1. The number of benzene rings is 3. The van der Waals surface area contributed by atoms with E-state index in [2.05, 4.69) is 38.1 Å². The predicted molar refractivity (Wildman–Crippen MR) is 77.3 cm³/mol. The molecular formula is C17H16O. The zero-order chi connectivity index (χ0) is 12.9. The molecule has 0 saturated carbocycles. The van der Waals surface area contributed by atoms with Crippen molar-refractivity contribution < 1.29 is 5.11 Å². The molecule has 1 heteroatoms. The number of rotatable bonds is 0. The van der Waals surface area contributed by atoms with E-state index >= 15 is 0 Å². The summed E-state index contributed by atoms with van der Waals surface area (Å²) in [6.45, 7) is 6.18. The van der Waals surface area contributed by atoms with Gasteiger partial charge in [0.15, 0.2) is 0 Å². The Bertz CT molecular complexity index is 770. The molecule has 0 spiro atoms. The molecule has 1 N–H and O–H groups in total. The van der Waals surface area contributed by atoms with Crippen LogP contribution in [0, 0.1) is 20.8 Å². The van der Waals surface area contributed by atoms with Crippen LogP contribution in [0.3, 0.4) is 0 Å². The molecule has 0 bridgehead atoms. The van der Waals surface area contributed by atoms with Crippen molar-refractivity contribution in [2.45, 2.75) is 20.8 Å². The van der Waals surface area contributed by atoms with Crippen molar-refractivity contribution in [3.8, 4) is 5.75 Å². The third-order valence-corrected chi connectivity index (χ3v) is 3.59. The van der Waals surface area contributed by atoms with Crippen molar-refractivity contribution in [1.29, 1.82) is 0 Å². The van der Waals surface area contributed by atoms with Crippen molar-refractivity contribution in [1.82, 2.24) is 0 Å².